The summed E-state index contributed by atoms with van der Waals surface area (Å²) in [4.78, 5) is 6.66. The predicted octanol–water partition coefficient (Wildman–Crippen LogP) is 4.42. The lowest BCUT2D eigenvalue weighted by atomic mass is 10.1. The van der Waals surface area contributed by atoms with Crippen LogP contribution in [0.15, 0.2) is 53.5 Å². The van der Waals surface area contributed by atoms with Crippen molar-refractivity contribution in [3.8, 4) is 0 Å². The van der Waals surface area contributed by atoms with Crippen LogP contribution in [0.4, 0.5) is 11.4 Å². The van der Waals surface area contributed by atoms with Crippen LogP contribution in [0.1, 0.15) is 31.9 Å². The van der Waals surface area contributed by atoms with E-state index in [0.29, 0.717) is 5.96 Å². The van der Waals surface area contributed by atoms with Gasteiger partial charge in [0.1, 0.15) is 0 Å². The molecular formula is C19H25N3. The van der Waals surface area contributed by atoms with E-state index in [9.17, 15) is 0 Å². The minimum absolute atomic E-state index is 0.237. The van der Waals surface area contributed by atoms with Crippen LogP contribution in [-0.4, -0.2) is 12.0 Å². The first kappa shape index (κ1) is 16.1. The van der Waals surface area contributed by atoms with E-state index in [-0.39, 0.29) is 6.04 Å². The van der Waals surface area contributed by atoms with Gasteiger partial charge in [0.05, 0.1) is 5.69 Å². The maximum atomic E-state index is 6.30. The zero-order valence-electron chi connectivity index (χ0n) is 13.9. The number of guanidine groups is 1. The Hall–Kier alpha value is -2.29. The molecule has 0 spiro atoms. The molecule has 0 heterocycles. The van der Waals surface area contributed by atoms with E-state index in [1.807, 2.05) is 18.2 Å². The number of aliphatic imine (C=N–C) groups is 1. The minimum atomic E-state index is 0.237. The average Bonchev–Trinajstić information content (AvgIpc) is 2.47. The number of hydrogen-bond donors (Lipinski definition) is 1. The van der Waals surface area contributed by atoms with Crippen LogP contribution in [0.3, 0.4) is 0 Å². The Morgan fingerprint density at radius 1 is 1.14 bits per heavy atom. The van der Waals surface area contributed by atoms with Gasteiger partial charge in [-0.05, 0) is 62.6 Å². The summed E-state index contributed by atoms with van der Waals surface area (Å²) in [6.07, 6.45) is 1.01. The third-order valence-corrected chi connectivity index (χ3v) is 3.61. The number of anilines is 1. The number of nitrogens with two attached hydrogens (primary N) is 1. The van der Waals surface area contributed by atoms with Crippen molar-refractivity contribution in [2.75, 3.05) is 4.90 Å². The van der Waals surface area contributed by atoms with Crippen molar-refractivity contribution in [1.82, 2.24) is 0 Å². The van der Waals surface area contributed by atoms with Crippen LogP contribution in [0.25, 0.3) is 0 Å². The van der Waals surface area contributed by atoms with Crippen LogP contribution in [0.2, 0.25) is 0 Å². The Bertz CT molecular complexity index is 659. The smallest absolute Gasteiger partial charge is 0.201 e. The second-order valence-electron chi connectivity index (χ2n) is 5.80. The lowest BCUT2D eigenvalue weighted by molar-refractivity contribution is 0.801. The van der Waals surface area contributed by atoms with E-state index < -0.39 is 0 Å². The van der Waals surface area contributed by atoms with Gasteiger partial charge in [0, 0.05) is 11.7 Å². The topological polar surface area (TPSA) is 41.6 Å². The summed E-state index contributed by atoms with van der Waals surface area (Å²) in [7, 11) is 0. The molecule has 0 aliphatic rings. The van der Waals surface area contributed by atoms with Gasteiger partial charge in [0.15, 0.2) is 0 Å². The van der Waals surface area contributed by atoms with Gasteiger partial charge in [-0.25, -0.2) is 4.99 Å². The first-order valence-electron chi connectivity index (χ1n) is 7.80. The standard InChI is InChI=1S/C19H25N3/c1-5-16-9-7-11-18(13-16)22(14(2)3)19(20)21-17-10-6-8-15(4)12-17/h6-14H,5H2,1-4H3,(H2,20,21). The van der Waals surface area contributed by atoms with E-state index >= 15 is 0 Å². The van der Waals surface area contributed by atoms with E-state index in [0.717, 1.165) is 17.8 Å². The molecular weight excluding hydrogens is 270 g/mol. The van der Waals surface area contributed by atoms with Crippen LogP contribution in [0.5, 0.6) is 0 Å². The van der Waals surface area contributed by atoms with Gasteiger partial charge in [-0.15, -0.1) is 0 Å². The molecule has 0 aromatic heterocycles. The molecule has 0 aliphatic heterocycles. The number of nitrogens with zero attached hydrogens (tertiary/aromatic N) is 2. The van der Waals surface area contributed by atoms with Crippen LogP contribution < -0.4 is 10.6 Å². The Labute approximate surface area is 133 Å². The highest BCUT2D eigenvalue weighted by Gasteiger charge is 2.15. The van der Waals surface area contributed by atoms with Gasteiger partial charge in [-0.1, -0.05) is 31.2 Å². The second-order valence-corrected chi connectivity index (χ2v) is 5.80. The van der Waals surface area contributed by atoms with Crippen LogP contribution >= 0.6 is 0 Å². The first-order valence-corrected chi connectivity index (χ1v) is 7.80. The van der Waals surface area contributed by atoms with E-state index in [1.165, 1.54) is 11.1 Å². The summed E-state index contributed by atoms with van der Waals surface area (Å²) < 4.78 is 0. The van der Waals surface area contributed by atoms with Crippen LogP contribution in [0, 0.1) is 6.92 Å². The molecule has 2 aromatic carbocycles. The van der Waals surface area contributed by atoms with Gasteiger partial charge in [0.2, 0.25) is 5.96 Å². The number of benzene rings is 2. The first-order chi connectivity index (χ1) is 10.5. The molecule has 0 radical (unpaired) electrons. The fourth-order valence-corrected chi connectivity index (χ4v) is 2.50. The molecule has 22 heavy (non-hydrogen) atoms. The molecule has 0 unspecified atom stereocenters. The summed E-state index contributed by atoms with van der Waals surface area (Å²) in [6.45, 7) is 8.46. The lowest BCUT2D eigenvalue weighted by Crippen LogP contribution is -2.42. The van der Waals surface area contributed by atoms with Gasteiger partial charge < -0.3 is 10.6 Å². The molecule has 3 heteroatoms. The van der Waals surface area contributed by atoms with Gasteiger partial charge >= 0.3 is 0 Å². The van der Waals surface area contributed by atoms with E-state index in [1.54, 1.807) is 0 Å². The molecule has 0 aliphatic carbocycles. The van der Waals surface area contributed by atoms with Gasteiger partial charge in [0.25, 0.3) is 0 Å². The Morgan fingerprint density at radius 2 is 1.86 bits per heavy atom. The van der Waals surface area contributed by atoms with Gasteiger partial charge in [-0.2, -0.15) is 0 Å². The number of aryl methyl sites for hydroxylation is 2. The highest BCUT2D eigenvalue weighted by Crippen LogP contribution is 2.21. The zero-order valence-corrected chi connectivity index (χ0v) is 13.9. The van der Waals surface area contributed by atoms with Crippen molar-refractivity contribution in [3.63, 3.8) is 0 Å². The SMILES string of the molecule is CCc1cccc(N(C(N)=Nc2cccc(C)c2)C(C)C)c1. The lowest BCUT2D eigenvalue weighted by Gasteiger charge is -2.28. The van der Waals surface area contributed by atoms with Gasteiger partial charge in [-0.3, -0.25) is 0 Å². The fraction of sp³-hybridized carbons (Fsp3) is 0.316. The number of rotatable bonds is 4. The van der Waals surface area contributed by atoms with E-state index in [2.05, 4.69) is 67.9 Å². The monoisotopic (exact) mass is 295 g/mol. The maximum Gasteiger partial charge on any atom is 0.201 e. The molecule has 2 rings (SSSR count). The van der Waals surface area contributed by atoms with E-state index in [4.69, 9.17) is 5.73 Å². The quantitative estimate of drug-likeness (QED) is 0.670. The van der Waals surface area contributed by atoms with Crippen molar-refractivity contribution >= 4 is 17.3 Å². The Morgan fingerprint density at radius 3 is 2.50 bits per heavy atom. The Kier molecular flexibility index (Phi) is 5.21. The maximum absolute atomic E-state index is 6.30. The third-order valence-electron chi connectivity index (χ3n) is 3.61. The van der Waals surface area contributed by atoms with Crippen LogP contribution in [-0.2, 0) is 6.42 Å². The largest absolute Gasteiger partial charge is 0.369 e. The molecule has 0 fully saturated rings. The van der Waals surface area contributed by atoms with Crippen molar-refractivity contribution < 1.29 is 0 Å². The highest BCUT2D eigenvalue weighted by atomic mass is 15.3. The molecule has 0 bridgehead atoms. The zero-order chi connectivity index (χ0) is 16.1. The minimum Gasteiger partial charge on any atom is -0.369 e. The highest BCUT2D eigenvalue weighted by molar-refractivity contribution is 5.96. The van der Waals surface area contributed by atoms with Crippen molar-refractivity contribution in [1.29, 1.82) is 0 Å². The molecule has 0 atom stereocenters. The summed E-state index contributed by atoms with van der Waals surface area (Å²) in [5.74, 6) is 0.522. The third kappa shape index (κ3) is 3.88. The molecule has 116 valence electrons. The normalized spacial score (nSPS) is 11.8. The predicted molar refractivity (Wildman–Crippen MR) is 95.9 cm³/mol. The summed E-state index contributed by atoms with van der Waals surface area (Å²) in [5, 5.41) is 0. The Balaban J connectivity index is 2.38. The summed E-state index contributed by atoms with van der Waals surface area (Å²) in [5.41, 5.74) is 10.7. The summed E-state index contributed by atoms with van der Waals surface area (Å²) >= 11 is 0. The summed E-state index contributed by atoms with van der Waals surface area (Å²) in [6, 6.07) is 16.8. The second kappa shape index (κ2) is 7.12. The molecule has 2 N–H and O–H groups in total. The molecule has 0 saturated heterocycles. The van der Waals surface area contributed by atoms with Crippen molar-refractivity contribution in [3.05, 3.63) is 59.7 Å². The molecule has 3 nitrogen and oxygen atoms in total. The molecule has 0 saturated carbocycles. The molecule has 2 aromatic rings. The van der Waals surface area contributed by atoms with Crippen molar-refractivity contribution in [2.24, 2.45) is 10.7 Å². The number of hydrogen-bond acceptors (Lipinski definition) is 1. The average molecular weight is 295 g/mol. The van der Waals surface area contributed by atoms with Crippen molar-refractivity contribution in [2.45, 2.75) is 40.2 Å². The molecule has 0 amide bonds. The fourth-order valence-electron chi connectivity index (χ4n) is 2.50.